The number of hydrogen-bond donors (Lipinski definition) is 3. The number of benzene rings is 4. The Morgan fingerprint density at radius 1 is 0.792 bits per heavy atom. The summed E-state index contributed by atoms with van der Waals surface area (Å²) in [4.78, 5) is 40.4. The van der Waals surface area contributed by atoms with Crippen molar-refractivity contribution in [2.24, 2.45) is 0 Å². The number of nitrogens with one attached hydrogen (secondary N) is 3. The first-order valence-corrected chi connectivity index (χ1v) is 16.3. The van der Waals surface area contributed by atoms with Crippen LogP contribution in [0.2, 0.25) is 0 Å². The van der Waals surface area contributed by atoms with Gasteiger partial charge in [-0.1, -0.05) is 72.8 Å². The molecular formula is C38H40N4O6. The Balaban J connectivity index is 0.890. The molecule has 3 N–H and O–H groups in total. The molecule has 4 aromatic carbocycles. The second-order valence-electron chi connectivity index (χ2n) is 11.9. The molecule has 0 bridgehead atoms. The summed E-state index contributed by atoms with van der Waals surface area (Å²) in [7, 11) is 0. The van der Waals surface area contributed by atoms with Gasteiger partial charge in [0, 0.05) is 55.0 Å². The molecule has 3 amide bonds. The fraction of sp³-hybridized carbons (Fsp3) is 0.289. The van der Waals surface area contributed by atoms with Gasteiger partial charge in [0.05, 0.1) is 18.9 Å². The number of piperidine rings is 1. The van der Waals surface area contributed by atoms with Crippen LogP contribution in [0.15, 0.2) is 103 Å². The molecule has 0 atom stereocenters. The third kappa shape index (κ3) is 9.07. The number of rotatable bonds is 11. The molecule has 2 fully saturated rings. The third-order valence-corrected chi connectivity index (χ3v) is 8.45. The van der Waals surface area contributed by atoms with Crippen LogP contribution in [-0.4, -0.2) is 61.8 Å². The highest BCUT2D eigenvalue weighted by molar-refractivity contribution is 6.04. The number of hydrogen-bond acceptors (Lipinski definition) is 7. The predicted molar refractivity (Wildman–Crippen MR) is 183 cm³/mol. The second-order valence-corrected chi connectivity index (χ2v) is 11.9. The highest BCUT2D eigenvalue weighted by atomic mass is 16.7. The van der Waals surface area contributed by atoms with Gasteiger partial charge >= 0.3 is 6.09 Å². The van der Waals surface area contributed by atoms with E-state index in [0.717, 1.165) is 35.3 Å². The molecule has 0 radical (unpaired) electrons. The third-order valence-electron chi connectivity index (χ3n) is 8.45. The van der Waals surface area contributed by atoms with E-state index in [-0.39, 0.29) is 24.2 Å². The molecule has 2 aliphatic rings. The quantitative estimate of drug-likeness (QED) is 0.173. The highest BCUT2D eigenvalue weighted by Crippen LogP contribution is 2.28. The van der Waals surface area contributed by atoms with Crippen LogP contribution >= 0.6 is 0 Å². The van der Waals surface area contributed by atoms with Gasteiger partial charge in [-0.05, 0) is 54.3 Å². The fourth-order valence-corrected chi connectivity index (χ4v) is 5.85. The number of anilines is 2. The van der Waals surface area contributed by atoms with Crippen LogP contribution in [-0.2, 0) is 25.5 Å². The average molecular weight is 649 g/mol. The van der Waals surface area contributed by atoms with Gasteiger partial charge in [-0.15, -0.1) is 0 Å². The lowest BCUT2D eigenvalue weighted by atomic mass is 10.0. The van der Waals surface area contributed by atoms with Crippen LogP contribution in [0.1, 0.15) is 47.0 Å². The maximum Gasteiger partial charge on any atom is 0.411 e. The molecule has 0 aliphatic carbocycles. The van der Waals surface area contributed by atoms with Crippen molar-refractivity contribution >= 4 is 29.3 Å². The van der Waals surface area contributed by atoms with E-state index in [2.05, 4.69) is 20.9 Å². The summed E-state index contributed by atoms with van der Waals surface area (Å²) >= 11 is 0. The van der Waals surface area contributed by atoms with Crippen LogP contribution in [0.4, 0.5) is 16.2 Å². The fourth-order valence-electron chi connectivity index (χ4n) is 5.85. The van der Waals surface area contributed by atoms with E-state index in [1.165, 1.54) is 0 Å². The van der Waals surface area contributed by atoms with Crippen LogP contribution in [0, 0.1) is 0 Å². The zero-order valence-electron chi connectivity index (χ0n) is 26.7. The van der Waals surface area contributed by atoms with E-state index in [1.54, 1.807) is 12.1 Å². The zero-order chi connectivity index (χ0) is 33.1. The first-order chi connectivity index (χ1) is 23.5. The zero-order valence-corrected chi connectivity index (χ0v) is 26.7. The van der Waals surface area contributed by atoms with Gasteiger partial charge in [-0.25, -0.2) is 4.79 Å². The lowest BCUT2D eigenvalue weighted by molar-refractivity contribution is -0.121. The Hall–Kier alpha value is -5.03. The minimum atomic E-state index is -0.461. The van der Waals surface area contributed by atoms with Gasteiger partial charge in [0.1, 0.15) is 6.10 Å². The van der Waals surface area contributed by atoms with Gasteiger partial charge in [0.15, 0.2) is 6.29 Å². The van der Waals surface area contributed by atoms with Gasteiger partial charge < -0.3 is 29.7 Å². The standard InChI is InChI=1S/C38H40N4O6/c43-35(39-26-27-7-6-10-30(25-27)36(44)40-31-15-13-29(14-16-31)37-46-23-24-47-37)19-22-42-20-17-32(18-21-42)48-38(45)41-34-12-5-4-11-33(34)28-8-2-1-3-9-28/h1-16,25,32,37H,17-24,26H2,(H,39,43)(H,40,44)(H,41,45). The molecular weight excluding hydrogens is 608 g/mol. The molecule has 0 unspecified atom stereocenters. The average Bonchev–Trinajstić information content (AvgIpc) is 3.67. The summed E-state index contributed by atoms with van der Waals surface area (Å²) in [5.41, 5.74) is 5.58. The summed E-state index contributed by atoms with van der Waals surface area (Å²) < 4.78 is 16.8. The molecule has 0 spiro atoms. The normalized spacial score (nSPS) is 15.5. The first kappa shape index (κ1) is 32.9. The number of nitrogens with zero attached hydrogens (tertiary/aromatic N) is 1. The van der Waals surface area contributed by atoms with Crippen LogP contribution in [0.3, 0.4) is 0 Å². The van der Waals surface area contributed by atoms with Crippen LogP contribution < -0.4 is 16.0 Å². The molecule has 2 aliphatic heterocycles. The molecule has 0 saturated carbocycles. The SMILES string of the molecule is O=C(CCN1CCC(OC(=O)Nc2ccccc2-c2ccccc2)CC1)NCc1cccc(C(=O)Nc2ccc(C3OCCO3)cc2)c1. The van der Waals surface area contributed by atoms with E-state index in [1.807, 2.05) is 91.0 Å². The Bertz CT molecular complexity index is 1680. The molecule has 6 rings (SSSR count). The smallest absolute Gasteiger partial charge is 0.411 e. The number of carbonyl (C=O) groups excluding carboxylic acids is 3. The van der Waals surface area contributed by atoms with E-state index >= 15 is 0 Å². The maximum absolute atomic E-state index is 12.9. The maximum atomic E-state index is 12.9. The lowest BCUT2D eigenvalue weighted by Gasteiger charge is -2.31. The Kier molecular flexibility index (Phi) is 11.1. The Morgan fingerprint density at radius 3 is 2.29 bits per heavy atom. The van der Waals surface area contributed by atoms with E-state index in [4.69, 9.17) is 14.2 Å². The van der Waals surface area contributed by atoms with Crippen molar-refractivity contribution in [3.05, 3.63) is 120 Å². The van der Waals surface area contributed by atoms with Crippen molar-refractivity contribution < 1.29 is 28.6 Å². The van der Waals surface area contributed by atoms with Crippen LogP contribution in [0.25, 0.3) is 11.1 Å². The Labute approximate surface area is 280 Å². The molecule has 2 heterocycles. The monoisotopic (exact) mass is 648 g/mol. The van der Waals surface area contributed by atoms with Crippen molar-refractivity contribution in [2.45, 2.75) is 38.2 Å². The van der Waals surface area contributed by atoms with E-state index in [0.29, 0.717) is 62.5 Å². The molecule has 10 nitrogen and oxygen atoms in total. The molecule has 2 saturated heterocycles. The van der Waals surface area contributed by atoms with E-state index in [9.17, 15) is 14.4 Å². The predicted octanol–water partition coefficient (Wildman–Crippen LogP) is 6.37. The molecule has 48 heavy (non-hydrogen) atoms. The second kappa shape index (κ2) is 16.2. The molecule has 248 valence electrons. The van der Waals surface area contributed by atoms with Gasteiger partial charge in [0.25, 0.3) is 5.91 Å². The van der Waals surface area contributed by atoms with Gasteiger partial charge in [0.2, 0.25) is 5.91 Å². The molecule has 4 aromatic rings. The number of amides is 3. The largest absolute Gasteiger partial charge is 0.446 e. The minimum absolute atomic E-state index is 0.0602. The number of likely N-dealkylation sites (tertiary alicyclic amines) is 1. The minimum Gasteiger partial charge on any atom is -0.446 e. The Morgan fingerprint density at radius 2 is 1.52 bits per heavy atom. The summed E-state index contributed by atoms with van der Waals surface area (Å²) in [6, 6.07) is 32.2. The molecule has 10 heteroatoms. The summed E-state index contributed by atoms with van der Waals surface area (Å²) in [5.74, 6) is -0.291. The van der Waals surface area contributed by atoms with Crippen molar-refractivity contribution in [1.82, 2.24) is 10.2 Å². The van der Waals surface area contributed by atoms with Crippen molar-refractivity contribution in [2.75, 3.05) is 43.5 Å². The number of carbonyl (C=O) groups is 3. The van der Waals surface area contributed by atoms with Gasteiger partial charge in [-0.3, -0.25) is 14.9 Å². The lowest BCUT2D eigenvalue weighted by Crippen LogP contribution is -2.40. The summed E-state index contributed by atoms with van der Waals surface area (Å²) in [5, 5.41) is 8.78. The first-order valence-electron chi connectivity index (χ1n) is 16.3. The highest BCUT2D eigenvalue weighted by Gasteiger charge is 2.23. The number of para-hydroxylation sites is 1. The number of ether oxygens (including phenoxy) is 3. The van der Waals surface area contributed by atoms with Crippen LogP contribution in [0.5, 0.6) is 0 Å². The van der Waals surface area contributed by atoms with Crippen molar-refractivity contribution in [3.63, 3.8) is 0 Å². The summed E-state index contributed by atoms with van der Waals surface area (Å²) in [6.07, 6.45) is 0.773. The van der Waals surface area contributed by atoms with Crippen molar-refractivity contribution in [1.29, 1.82) is 0 Å². The molecule has 0 aromatic heterocycles. The van der Waals surface area contributed by atoms with Gasteiger partial charge in [-0.2, -0.15) is 0 Å². The van der Waals surface area contributed by atoms with E-state index < -0.39 is 6.09 Å². The topological polar surface area (TPSA) is 118 Å². The van der Waals surface area contributed by atoms with Crippen molar-refractivity contribution in [3.8, 4) is 11.1 Å². The summed E-state index contributed by atoms with van der Waals surface area (Å²) in [6.45, 7) is 3.58.